The third kappa shape index (κ3) is 5.02. The number of ether oxygens (including phenoxy) is 1. The predicted octanol–water partition coefficient (Wildman–Crippen LogP) is 4.24. The molecular formula is C26H32N2O4. The fourth-order valence-electron chi connectivity index (χ4n) is 4.15. The van der Waals surface area contributed by atoms with E-state index in [1.807, 2.05) is 37.3 Å². The number of Topliss-reactive ketones (excluding diaryl/α,β-unsaturated/α-hetero) is 1. The minimum Gasteiger partial charge on any atom is -0.507 e. The Kier molecular flexibility index (Phi) is 8.06. The van der Waals surface area contributed by atoms with E-state index in [1.54, 1.807) is 29.2 Å². The highest BCUT2D eigenvalue weighted by Gasteiger charge is 2.45. The van der Waals surface area contributed by atoms with E-state index in [0.29, 0.717) is 24.5 Å². The molecule has 0 radical (unpaired) electrons. The molecule has 1 heterocycles. The Morgan fingerprint density at radius 2 is 1.75 bits per heavy atom. The molecule has 6 heteroatoms. The Morgan fingerprint density at radius 1 is 1.03 bits per heavy atom. The Bertz CT molecular complexity index is 967. The number of nitrogens with zero attached hydrogens (tertiary/aromatic N) is 2. The van der Waals surface area contributed by atoms with Crippen LogP contribution in [0.25, 0.3) is 5.76 Å². The summed E-state index contributed by atoms with van der Waals surface area (Å²) in [6.07, 6.45) is 0.748. The molecule has 0 spiro atoms. The molecule has 1 aliphatic heterocycles. The van der Waals surface area contributed by atoms with Gasteiger partial charge in [0.25, 0.3) is 11.7 Å². The van der Waals surface area contributed by atoms with Gasteiger partial charge in [-0.2, -0.15) is 0 Å². The predicted molar refractivity (Wildman–Crippen MR) is 125 cm³/mol. The third-order valence-electron chi connectivity index (χ3n) is 5.84. The van der Waals surface area contributed by atoms with Crippen molar-refractivity contribution in [1.82, 2.24) is 9.80 Å². The van der Waals surface area contributed by atoms with Crippen LogP contribution >= 0.6 is 0 Å². The van der Waals surface area contributed by atoms with Gasteiger partial charge in [0.2, 0.25) is 0 Å². The van der Waals surface area contributed by atoms with Gasteiger partial charge in [0.15, 0.2) is 0 Å². The molecule has 0 aliphatic carbocycles. The Balaban J connectivity index is 2.00. The maximum Gasteiger partial charge on any atom is 0.295 e. The van der Waals surface area contributed by atoms with Crippen LogP contribution in [0.15, 0.2) is 60.2 Å². The summed E-state index contributed by atoms with van der Waals surface area (Å²) >= 11 is 0. The van der Waals surface area contributed by atoms with Crippen molar-refractivity contribution < 1.29 is 19.4 Å². The van der Waals surface area contributed by atoms with Gasteiger partial charge in [-0.15, -0.1) is 0 Å². The molecule has 0 bridgehead atoms. The summed E-state index contributed by atoms with van der Waals surface area (Å²) in [4.78, 5) is 30.0. The van der Waals surface area contributed by atoms with Gasteiger partial charge < -0.3 is 19.6 Å². The lowest BCUT2D eigenvalue weighted by Crippen LogP contribution is -2.33. The molecule has 2 aromatic carbocycles. The number of aliphatic hydroxyl groups excluding tert-OH is 1. The highest BCUT2D eigenvalue weighted by atomic mass is 16.5. The summed E-state index contributed by atoms with van der Waals surface area (Å²) in [5.74, 6) is -0.798. The second-order valence-corrected chi connectivity index (χ2v) is 7.74. The topological polar surface area (TPSA) is 70.1 Å². The molecule has 170 valence electrons. The van der Waals surface area contributed by atoms with Crippen molar-refractivity contribution in [3.8, 4) is 5.75 Å². The summed E-state index contributed by atoms with van der Waals surface area (Å²) in [5, 5.41) is 11.2. The monoisotopic (exact) mass is 436 g/mol. The van der Waals surface area contributed by atoms with Gasteiger partial charge in [-0.1, -0.05) is 56.3 Å². The largest absolute Gasteiger partial charge is 0.507 e. The van der Waals surface area contributed by atoms with Crippen molar-refractivity contribution in [2.24, 2.45) is 0 Å². The van der Waals surface area contributed by atoms with Gasteiger partial charge in [0, 0.05) is 12.1 Å². The quantitative estimate of drug-likeness (QED) is 0.343. The third-order valence-corrected chi connectivity index (χ3v) is 5.84. The van der Waals surface area contributed by atoms with Gasteiger partial charge in [-0.25, -0.2) is 0 Å². The number of benzene rings is 2. The fraction of sp³-hybridized carbons (Fsp3) is 0.385. The van der Waals surface area contributed by atoms with Crippen LogP contribution in [0, 0.1) is 0 Å². The van der Waals surface area contributed by atoms with Crippen LogP contribution in [0.4, 0.5) is 0 Å². The molecule has 3 rings (SSSR count). The number of carbonyl (C=O) groups is 2. The van der Waals surface area contributed by atoms with Crippen LogP contribution in [0.1, 0.15) is 44.4 Å². The Morgan fingerprint density at radius 3 is 2.41 bits per heavy atom. The summed E-state index contributed by atoms with van der Waals surface area (Å²) in [6, 6.07) is 15.8. The smallest absolute Gasteiger partial charge is 0.295 e. The number of hydrogen-bond donors (Lipinski definition) is 1. The van der Waals surface area contributed by atoms with Gasteiger partial charge >= 0.3 is 0 Å². The van der Waals surface area contributed by atoms with Crippen molar-refractivity contribution in [2.45, 2.75) is 33.2 Å². The zero-order chi connectivity index (χ0) is 23.1. The number of carbonyl (C=O) groups excluding carboxylic acids is 2. The summed E-state index contributed by atoms with van der Waals surface area (Å²) in [5.41, 5.74) is 1.38. The van der Waals surface area contributed by atoms with Crippen LogP contribution < -0.4 is 4.74 Å². The van der Waals surface area contributed by atoms with Crippen LogP contribution in [-0.4, -0.2) is 59.4 Å². The standard InChI is InChI=1S/C26H32N2O4/c1-4-27(5-2)16-11-17-28-23(19-12-8-7-9-13-19)22(25(30)26(28)31)24(29)20-14-10-15-21(18-20)32-6-3/h7-10,12-15,18,23,29H,4-6,11,16-17H2,1-3H3/b24-22+. The number of likely N-dealkylation sites (tertiary alicyclic amines) is 1. The number of amides is 1. The lowest BCUT2D eigenvalue weighted by molar-refractivity contribution is -0.140. The van der Waals surface area contributed by atoms with E-state index in [2.05, 4.69) is 18.7 Å². The first-order valence-corrected chi connectivity index (χ1v) is 11.3. The maximum absolute atomic E-state index is 13.1. The van der Waals surface area contributed by atoms with E-state index in [9.17, 15) is 14.7 Å². The zero-order valence-corrected chi connectivity index (χ0v) is 19.1. The molecule has 1 N–H and O–H groups in total. The molecule has 1 aliphatic rings. The normalized spacial score (nSPS) is 17.9. The summed E-state index contributed by atoms with van der Waals surface area (Å²) in [6.45, 7) is 9.74. The number of hydrogen-bond acceptors (Lipinski definition) is 5. The van der Waals surface area contributed by atoms with E-state index in [-0.39, 0.29) is 11.3 Å². The van der Waals surface area contributed by atoms with Crippen molar-refractivity contribution in [1.29, 1.82) is 0 Å². The molecule has 1 amide bonds. The van der Waals surface area contributed by atoms with E-state index in [4.69, 9.17) is 4.74 Å². The van der Waals surface area contributed by atoms with Crippen molar-refractivity contribution in [2.75, 3.05) is 32.8 Å². The molecule has 32 heavy (non-hydrogen) atoms. The maximum atomic E-state index is 13.1. The van der Waals surface area contributed by atoms with Gasteiger partial charge in [0.05, 0.1) is 18.2 Å². The lowest BCUT2D eigenvalue weighted by Gasteiger charge is -2.26. The van der Waals surface area contributed by atoms with Crippen molar-refractivity contribution in [3.05, 3.63) is 71.3 Å². The number of rotatable bonds is 10. The highest BCUT2D eigenvalue weighted by molar-refractivity contribution is 6.46. The molecule has 2 aromatic rings. The zero-order valence-electron chi connectivity index (χ0n) is 19.1. The van der Waals surface area contributed by atoms with Crippen molar-refractivity contribution in [3.63, 3.8) is 0 Å². The molecular weight excluding hydrogens is 404 g/mol. The SMILES string of the molecule is CCOc1cccc(/C(O)=C2\C(=O)C(=O)N(CCCN(CC)CC)C2c2ccccc2)c1. The molecule has 1 unspecified atom stereocenters. The first-order chi connectivity index (χ1) is 15.5. The average Bonchev–Trinajstić information content (AvgIpc) is 3.07. The number of aliphatic hydroxyl groups is 1. The lowest BCUT2D eigenvalue weighted by atomic mass is 9.95. The second-order valence-electron chi connectivity index (χ2n) is 7.74. The summed E-state index contributed by atoms with van der Waals surface area (Å²) < 4.78 is 5.54. The van der Waals surface area contributed by atoms with Crippen molar-refractivity contribution >= 4 is 17.4 Å². The average molecular weight is 437 g/mol. The van der Waals surface area contributed by atoms with Gasteiger partial charge in [-0.05, 0) is 50.7 Å². The van der Waals surface area contributed by atoms with Crippen LogP contribution in [0.5, 0.6) is 5.75 Å². The van der Waals surface area contributed by atoms with Crippen LogP contribution in [0.2, 0.25) is 0 Å². The molecule has 0 aromatic heterocycles. The van der Waals surface area contributed by atoms with E-state index < -0.39 is 17.7 Å². The van der Waals surface area contributed by atoms with Crippen LogP contribution in [-0.2, 0) is 9.59 Å². The molecule has 1 atom stereocenters. The fourth-order valence-corrected chi connectivity index (χ4v) is 4.15. The molecule has 0 saturated carbocycles. The Labute approximate surface area is 190 Å². The van der Waals surface area contributed by atoms with E-state index in [0.717, 1.165) is 31.6 Å². The summed E-state index contributed by atoms with van der Waals surface area (Å²) in [7, 11) is 0. The minimum absolute atomic E-state index is 0.123. The van der Waals surface area contributed by atoms with Gasteiger partial charge in [-0.3, -0.25) is 9.59 Å². The minimum atomic E-state index is -0.652. The molecule has 1 fully saturated rings. The van der Waals surface area contributed by atoms with Crippen LogP contribution in [0.3, 0.4) is 0 Å². The first-order valence-electron chi connectivity index (χ1n) is 11.3. The highest BCUT2D eigenvalue weighted by Crippen LogP contribution is 2.39. The molecule has 6 nitrogen and oxygen atoms in total. The Hall–Kier alpha value is -3.12. The first kappa shape index (κ1) is 23.5. The molecule has 1 saturated heterocycles. The number of ketones is 1. The second kappa shape index (κ2) is 11.0. The van der Waals surface area contributed by atoms with E-state index >= 15 is 0 Å². The van der Waals surface area contributed by atoms with Gasteiger partial charge in [0.1, 0.15) is 11.5 Å². The van der Waals surface area contributed by atoms with E-state index in [1.165, 1.54) is 0 Å².